The molecule has 0 N–H and O–H groups in total. The average Bonchev–Trinajstić information content (AvgIpc) is 2.72. The zero-order chi connectivity index (χ0) is 21.8. The van der Waals surface area contributed by atoms with Crippen molar-refractivity contribution in [3.8, 4) is 0 Å². The molecule has 0 saturated heterocycles. The first-order valence-electron chi connectivity index (χ1n) is 9.67. The Morgan fingerprint density at radius 3 is 2.17 bits per heavy atom. The van der Waals surface area contributed by atoms with Crippen LogP contribution in [0.4, 0.5) is 5.69 Å². The first-order chi connectivity index (χ1) is 14.2. The minimum atomic E-state index is -0.561. The van der Waals surface area contributed by atoms with Crippen molar-refractivity contribution in [2.75, 3.05) is 32.6 Å². The number of aromatic nitrogens is 2. The SMILES string of the molecule is Cc1nc2ccc(C(=O)OCC(=O)N(C)Cc3ccc(N(C)C)cc3)cc2nc1C. The molecule has 2 aromatic carbocycles. The van der Waals surface area contributed by atoms with E-state index < -0.39 is 5.97 Å². The molecular formula is C23H26N4O3. The van der Waals surface area contributed by atoms with Gasteiger partial charge in [0.25, 0.3) is 5.91 Å². The van der Waals surface area contributed by atoms with E-state index in [-0.39, 0.29) is 12.5 Å². The number of likely N-dealkylation sites (N-methyl/N-ethyl adjacent to an activating group) is 1. The van der Waals surface area contributed by atoms with Gasteiger partial charge in [0.2, 0.25) is 0 Å². The van der Waals surface area contributed by atoms with Crippen molar-refractivity contribution in [1.82, 2.24) is 14.9 Å². The summed E-state index contributed by atoms with van der Waals surface area (Å²) in [6.45, 7) is 3.88. The Kier molecular flexibility index (Phi) is 6.30. The van der Waals surface area contributed by atoms with Crippen molar-refractivity contribution in [3.63, 3.8) is 0 Å². The van der Waals surface area contributed by atoms with Gasteiger partial charge in [-0.05, 0) is 49.7 Å². The first kappa shape index (κ1) is 21.2. The number of nitrogens with zero attached hydrogens (tertiary/aromatic N) is 4. The number of anilines is 1. The summed E-state index contributed by atoms with van der Waals surface area (Å²) in [6, 6.07) is 13.0. The molecule has 0 spiro atoms. The van der Waals surface area contributed by atoms with Crippen LogP contribution in [0.5, 0.6) is 0 Å². The second-order valence-corrected chi connectivity index (χ2v) is 7.48. The van der Waals surface area contributed by atoms with Gasteiger partial charge in [-0.2, -0.15) is 0 Å². The van der Waals surface area contributed by atoms with Crippen LogP contribution in [0.25, 0.3) is 11.0 Å². The molecule has 1 amide bonds. The minimum Gasteiger partial charge on any atom is -0.452 e. The fourth-order valence-electron chi connectivity index (χ4n) is 2.94. The highest BCUT2D eigenvalue weighted by Crippen LogP contribution is 2.16. The summed E-state index contributed by atoms with van der Waals surface area (Å²) < 4.78 is 5.22. The molecule has 0 saturated carbocycles. The third-order valence-corrected chi connectivity index (χ3v) is 4.94. The molecule has 0 aliphatic heterocycles. The number of carbonyl (C=O) groups is 2. The van der Waals surface area contributed by atoms with Crippen LogP contribution in [-0.4, -0.2) is 54.5 Å². The topological polar surface area (TPSA) is 75.6 Å². The highest BCUT2D eigenvalue weighted by atomic mass is 16.5. The Bertz CT molecular complexity index is 1080. The number of amides is 1. The lowest BCUT2D eigenvalue weighted by molar-refractivity contribution is -0.133. The van der Waals surface area contributed by atoms with E-state index >= 15 is 0 Å². The number of esters is 1. The molecule has 156 valence electrons. The molecule has 0 fully saturated rings. The lowest BCUT2D eigenvalue weighted by Crippen LogP contribution is -2.30. The molecule has 0 bridgehead atoms. The Hall–Kier alpha value is -3.48. The maximum Gasteiger partial charge on any atom is 0.338 e. The van der Waals surface area contributed by atoms with E-state index in [1.807, 2.05) is 57.1 Å². The molecule has 0 aliphatic rings. The van der Waals surface area contributed by atoms with Gasteiger partial charge in [-0.1, -0.05) is 12.1 Å². The molecule has 1 aromatic heterocycles. The molecule has 0 radical (unpaired) electrons. The zero-order valence-corrected chi connectivity index (χ0v) is 18.0. The van der Waals surface area contributed by atoms with Gasteiger partial charge in [-0.3, -0.25) is 4.79 Å². The standard InChI is InChI=1S/C23H26N4O3/c1-15-16(2)25-21-12-18(8-11-20(21)24-15)23(29)30-14-22(28)27(5)13-17-6-9-19(10-7-17)26(3)4/h6-12H,13-14H2,1-5H3. The van der Waals surface area contributed by atoms with Crippen molar-refractivity contribution in [1.29, 1.82) is 0 Å². The molecule has 0 atom stereocenters. The third-order valence-electron chi connectivity index (χ3n) is 4.94. The number of rotatable bonds is 6. The molecule has 30 heavy (non-hydrogen) atoms. The van der Waals surface area contributed by atoms with Gasteiger partial charge in [0.1, 0.15) is 0 Å². The van der Waals surface area contributed by atoms with Crippen LogP contribution < -0.4 is 4.90 Å². The van der Waals surface area contributed by atoms with E-state index in [1.54, 1.807) is 25.2 Å². The van der Waals surface area contributed by atoms with Crippen molar-refractivity contribution in [2.24, 2.45) is 0 Å². The Balaban J connectivity index is 1.58. The lowest BCUT2D eigenvalue weighted by Gasteiger charge is -2.18. The predicted octanol–water partition coefficient (Wildman–Crippen LogP) is 3.13. The van der Waals surface area contributed by atoms with Crippen molar-refractivity contribution >= 4 is 28.6 Å². The smallest absolute Gasteiger partial charge is 0.338 e. The van der Waals surface area contributed by atoms with Gasteiger partial charge in [0.05, 0.1) is 28.0 Å². The summed E-state index contributed by atoms with van der Waals surface area (Å²) in [4.78, 5) is 37.2. The number of carbonyl (C=O) groups excluding carboxylic acids is 2. The Morgan fingerprint density at radius 2 is 1.53 bits per heavy atom. The lowest BCUT2D eigenvalue weighted by atomic mass is 10.2. The number of benzene rings is 2. The second kappa shape index (κ2) is 8.90. The van der Waals surface area contributed by atoms with Gasteiger partial charge >= 0.3 is 5.97 Å². The van der Waals surface area contributed by atoms with E-state index in [0.29, 0.717) is 23.1 Å². The largest absolute Gasteiger partial charge is 0.452 e. The van der Waals surface area contributed by atoms with Crippen molar-refractivity contribution < 1.29 is 14.3 Å². The molecule has 7 heteroatoms. The number of ether oxygens (including phenoxy) is 1. The quantitative estimate of drug-likeness (QED) is 0.586. The van der Waals surface area contributed by atoms with Gasteiger partial charge in [-0.25, -0.2) is 14.8 Å². The maximum absolute atomic E-state index is 12.4. The maximum atomic E-state index is 12.4. The Labute approximate surface area is 176 Å². The van der Waals surface area contributed by atoms with E-state index in [9.17, 15) is 9.59 Å². The van der Waals surface area contributed by atoms with E-state index in [4.69, 9.17) is 4.74 Å². The second-order valence-electron chi connectivity index (χ2n) is 7.48. The van der Waals surface area contributed by atoms with Gasteiger partial charge in [0, 0.05) is 33.4 Å². The zero-order valence-electron chi connectivity index (χ0n) is 18.0. The van der Waals surface area contributed by atoms with E-state index in [2.05, 4.69) is 9.97 Å². The van der Waals surface area contributed by atoms with Crippen LogP contribution in [0.3, 0.4) is 0 Å². The molecule has 7 nitrogen and oxygen atoms in total. The van der Waals surface area contributed by atoms with Crippen LogP contribution >= 0.6 is 0 Å². The highest BCUT2D eigenvalue weighted by molar-refractivity contribution is 5.94. The van der Waals surface area contributed by atoms with E-state index in [1.165, 1.54) is 4.90 Å². The fourth-order valence-corrected chi connectivity index (χ4v) is 2.94. The first-order valence-corrected chi connectivity index (χ1v) is 9.67. The van der Waals surface area contributed by atoms with Crippen LogP contribution in [0.15, 0.2) is 42.5 Å². The molecule has 0 aliphatic carbocycles. The molecule has 3 rings (SSSR count). The summed E-state index contributed by atoms with van der Waals surface area (Å²) >= 11 is 0. The van der Waals surface area contributed by atoms with E-state index in [0.717, 1.165) is 22.6 Å². The van der Waals surface area contributed by atoms with Crippen LogP contribution in [0, 0.1) is 13.8 Å². The fraction of sp³-hybridized carbons (Fsp3) is 0.304. The number of aryl methyl sites for hydroxylation is 2. The highest BCUT2D eigenvalue weighted by Gasteiger charge is 2.15. The van der Waals surface area contributed by atoms with Crippen LogP contribution in [0.2, 0.25) is 0 Å². The van der Waals surface area contributed by atoms with Gasteiger partial charge in [0.15, 0.2) is 6.61 Å². The summed E-state index contributed by atoms with van der Waals surface area (Å²) in [5, 5.41) is 0. The average molecular weight is 406 g/mol. The van der Waals surface area contributed by atoms with Crippen LogP contribution in [-0.2, 0) is 16.1 Å². The van der Waals surface area contributed by atoms with Crippen molar-refractivity contribution in [2.45, 2.75) is 20.4 Å². The molecular weight excluding hydrogens is 380 g/mol. The Morgan fingerprint density at radius 1 is 0.900 bits per heavy atom. The summed E-state index contributed by atoms with van der Waals surface area (Å²) in [5.41, 5.74) is 5.43. The normalized spacial score (nSPS) is 10.7. The van der Waals surface area contributed by atoms with Gasteiger partial charge in [-0.15, -0.1) is 0 Å². The third kappa shape index (κ3) is 4.92. The van der Waals surface area contributed by atoms with Gasteiger partial charge < -0.3 is 14.5 Å². The van der Waals surface area contributed by atoms with Crippen LogP contribution in [0.1, 0.15) is 27.3 Å². The molecule has 0 unspecified atom stereocenters. The summed E-state index contributed by atoms with van der Waals surface area (Å²) in [6.07, 6.45) is 0. The molecule has 1 heterocycles. The van der Waals surface area contributed by atoms with Crippen molar-refractivity contribution in [3.05, 3.63) is 65.0 Å². The number of hydrogen-bond donors (Lipinski definition) is 0. The monoisotopic (exact) mass is 406 g/mol. The molecule has 3 aromatic rings. The minimum absolute atomic E-state index is 0.271. The number of fused-ring (bicyclic) bond motifs is 1. The number of hydrogen-bond acceptors (Lipinski definition) is 6. The summed E-state index contributed by atoms with van der Waals surface area (Å²) in [5.74, 6) is -0.832. The predicted molar refractivity (Wildman–Crippen MR) is 117 cm³/mol. The summed E-state index contributed by atoms with van der Waals surface area (Å²) in [7, 11) is 5.64.